The maximum absolute atomic E-state index is 14.7. The Bertz CT molecular complexity index is 1270. The summed E-state index contributed by atoms with van der Waals surface area (Å²) < 4.78 is 78.5. The first-order valence-electron chi connectivity index (χ1n) is 9.72. The van der Waals surface area contributed by atoms with E-state index in [0.29, 0.717) is 0 Å². The van der Waals surface area contributed by atoms with Gasteiger partial charge in [0.25, 0.3) is 5.56 Å². The standard InChI is InChI=1S/C20H21BrClF4N2O5P/c1-10(2)32-34(31,33-11(3)4)17(21)7-12-6-15(14(23)8-13(12)22)28-18(29)9-16(20(24,25)26)27(5)19(28)30/h6-11H,1-5H3. The van der Waals surface area contributed by atoms with Crippen LogP contribution in [-0.2, 0) is 26.8 Å². The first-order chi connectivity index (χ1) is 15.5. The van der Waals surface area contributed by atoms with Crippen molar-refractivity contribution in [3.05, 3.63) is 65.4 Å². The van der Waals surface area contributed by atoms with Crippen molar-refractivity contribution < 1.29 is 31.2 Å². The second-order valence-corrected chi connectivity index (χ2v) is 11.4. The number of nitrogens with zero attached hydrogens (tertiary/aromatic N) is 2. The van der Waals surface area contributed by atoms with E-state index in [9.17, 15) is 31.7 Å². The predicted molar refractivity (Wildman–Crippen MR) is 124 cm³/mol. The lowest BCUT2D eigenvalue weighted by Crippen LogP contribution is -2.41. The summed E-state index contributed by atoms with van der Waals surface area (Å²) in [6.45, 7) is 6.53. The Labute approximate surface area is 205 Å². The van der Waals surface area contributed by atoms with E-state index in [1.807, 2.05) is 0 Å². The Balaban J connectivity index is 2.75. The maximum atomic E-state index is 14.7. The fraction of sp³-hybridized carbons (Fsp3) is 0.400. The summed E-state index contributed by atoms with van der Waals surface area (Å²) in [5.41, 5.74) is -4.98. The first-order valence-corrected chi connectivity index (χ1v) is 12.4. The molecule has 7 nitrogen and oxygen atoms in total. The normalized spacial score (nSPS) is 13.3. The van der Waals surface area contributed by atoms with Crippen molar-refractivity contribution in [3.63, 3.8) is 0 Å². The van der Waals surface area contributed by atoms with Gasteiger partial charge in [0.2, 0.25) is 0 Å². The molecule has 1 aromatic heterocycles. The quantitative estimate of drug-likeness (QED) is 0.288. The zero-order valence-corrected chi connectivity index (χ0v) is 21.9. The molecule has 0 aliphatic carbocycles. The van der Waals surface area contributed by atoms with Crippen LogP contribution in [0.25, 0.3) is 11.8 Å². The van der Waals surface area contributed by atoms with E-state index < -0.39 is 54.4 Å². The van der Waals surface area contributed by atoms with Gasteiger partial charge in [-0.25, -0.2) is 13.8 Å². The van der Waals surface area contributed by atoms with Crippen molar-refractivity contribution >= 4 is 41.2 Å². The minimum atomic E-state index is -4.97. The van der Waals surface area contributed by atoms with Crippen molar-refractivity contribution in [1.29, 1.82) is 0 Å². The first kappa shape index (κ1) is 28.5. The molecule has 0 atom stereocenters. The van der Waals surface area contributed by atoms with Gasteiger partial charge < -0.3 is 9.05 Å². The van der Waals surface area contributed by atoms with Crippen LogP contribution in [0.15, 0.2) is 32.0 Å². The third kappa shape index (κ3) is 6.28. The largest absolute Gasteiger partial charge is 0.431 e. The Hall–Kier alpha value is -1.72. The van der Waals surface area contributed by atoms with Gasteiger partial charge in [0, 0.05) is 13.1 Å². The van der Waals surface area contributed by atoms with Gasteiger partial charge in [-0.05, 0) is 67.4 Å². The van der Waals surface area contributed by atoms with Crippen molar-refractivity contribution in [2.45, 2.75) is 46.1 Å². The lowest BCUT2D eigenvalue weighted by Gasteiger charge is -2.22. The third-order valence-corrected chi connectivity index (χ3v) is 8.06. The Morgan fingerprint density at radius 3 is 2.12 bits per heavy atom. The maximum Gasteiger partial charge on any atom is 0.431 e. The lowest BCUT2D eigenvalue weighted by molar-refractivity contribution is -0.144. The molecular weight excluding hydrogens is 571 g/mol. The molecule has 0 aliphatic heterocycles. The van der Waals surface area contributed by atoms with Gasteiger partial charge in [-0.3, -0.25) is 13.9 Å². The summed E-state index contributed by atoms with van der Waals surface area (Å²) >= 11 is 9.23. The second kappa shape index (κ2) is 10.5. The number of benzene rings is 1. The van der Waals surface area contributed by atoms with E-state index in [4.69, 9.17) is 20.6 Å². The molecule has 34 heavy (non-hydrogen) atoms. The molecule has 0 spiro atoms. The van der Waals surface area contributed by atoms with Crippen LogP contribution in [0.3, 0.4) is 0 Å². The average molecular weight is 592 g/mol. The smallest absolute Gasteiger partial charge is 0.302 e. The van der Waals surface area contributed by atoms with Gasteiger partial charge in [-0.15, -0.1) is 0 Å². The van der Waals surface area contributed by atoms with Crippen LogP contribution in [0, 0.1) is 5.82 Å². The van der Waals surface area contributed by atoms with Gasteiger partial charge in [0.1, 0.15) is 15.7 Å². The van der Waals surface area contributed by atoms with Crippen LogP contribution in [0.1, 0.15) is 39.0 Å². The molecule has 0 saturated carbocycles. The fourth-order valence-corrected chi connectivity index (χ4v) is 5.45. The summed E-state index contributed by atoms with van der Waals surface area (Å²) in [7, 11) is -3.09. The van der Waals surface area contributed by atoms with Crippen molar-refractivity contribution in [3.8, 4) is 5.69 Å². The molecule has 14 heteroatoms. The highest BCUT2D eigenvalue weighted by Gasteiger charge is 2.35. The molecule has 0 fully saturated rings. The summed E-state index contributed by atoms with van der Waals surface area (Å²) in [6.07, 6.45) is -4.79. The van der Waals surface area contributed by atoms with Crippen LogP contribution in [0.4, 0.5) is 17.6 Å². The van der Waals surface area contributed by atoms with E-state index in [0.717, 1.165) is 19.2 Å². The van der Waals surface area contributed by atoms with E-state index in [1.54, 1.807) is 27.7 Å². The molecule has 188 valence electrons. The van der Waals surface area contributed by atoms with Crippen molar-refractivity contribution in [2.75, 3.05) is 0 Å². The fourth-order valence-electron chi connectivity index (χ4n) is 2.84. The number of hydrogen-bond donors (Lipinski definition) is 0. The number of hydrogen-bond acceptors (Lipinski definition) is 5. The summed E-state index contributed by atoms with van der Waals surface area (Å²) in [5, 5.41) is -0.198. The van der Waals surface area contributed by atoms with Crippen molar-refractivity contribution in [1.82, 2.24) is 9.13 Å². The third-order valence-electron chi connectivity index (χ3n) is 4.15. The van der Waals surface area contributed by atoms with Gasteiger partial charge in [0.15, 0.2) is 0 Å². The molecule has 0 aliphatic rings. The Morgan fingerprint density at radius 1 is 1.12 bits per heavy atom. The van der Waals surface area contributed by atoms with Crippen LogP contribution < -0.4 is 11.2 Å². The summed E-state index contributed by atoms with van der Waals surface area (Å²) in [6, 6.07) is 1.91. The molecule has 1 aromatic carbocycles. The monoisotopic (exact) mass is 590 g/mol. The van der Waals surface area contributed by atoms with Crippen LogP contribution in [0.5, 0.6) is 0 Å². The highest BCUT2D eigenvalue weighted by Crippen LogP contribution is 2.61. The summed E-state index contributed by atoms with van der Waals surface area (Å²) in [4.78, 5) is 24.9. The zero-order chi connectivity index (χ0) is 26.2. The number of alkyl halides is 3. The van der Waals surface area contributed by atoms with Gasteiger partial charge >= 0.3 is 19.5 Å². The minimum absolute atomic E-state index is 0.0151. The number of aromatic nitrogens is 2. The van der Waals surface area contributed by atoms with E-state index in [1.165, 1.54) is 6.08 Å². The number of rotatable bonds is 7. The Morgan fingerprint density at radius 2 is 1.65 bits per heavy atom. The van der Waals surface area contributed by atoms with Gasteiger partial charge in [-0.1, -0.05) is 11.6 Å². The molecule has 0 bridgehead atoms. The van der Waals surface area contributed by atoms with E-state index in [-0.39, 0.29) is 30.0 Å². The molecular formula is C20H21BrClF4N2O5P. The molecule has 2 rings (SSSR count). The highest BCUT2D eigenvalue weighted by molar-refractivity contribution is 9.13. The van der Waals surface area contributed by atoms with Crippen LogP contribution in [0.2, 0.25) is 5.02 Å². The molecule has 1 heterocycles. The molecule has 0 N–H and O–H groups in total. The van der Waals surface area contributed by atoms with Gasteiger partial charge in [0.05, 0.1) is 22.9 Å². The minimum Gasteiger partial charge on any atom is -0.302 e. The summed E-state index contributed by atoms with van der Waals surface area (Å²) in [5.74, 6) is -1.14. The second-order valence-electron chi connectivity index (χ2n) is 7.64. The Kier molecular flexibility index (Phi) is 8.80. The lowest BCUT2D eigenvalue weighted by atomic mass is 10.2. The van der Waals surface area contributed by atoms with E-state index >= 15 is 0 Å². The van der Waals surface area contributed by atoms with Gasteiger partial charge in [-0.2, -0.15) is 13.2 Å². The average Bonchev–Trinajstić information content (AvgIpc) is 2.65. The molecule has 0 saturated heterocycles. The zero-order valence-electron chi connectivity index (χ0n) is 18.6. The van der Waals surface area contributed by atoms with Crippen molar-refractivity contribution in [2.24, 2.45) is 7.05 Å². The van der Waals surface area contributed by atoms with Crippen LogP contribution >= 0.6 is 35.1 Å². The molecule has 0 radical (unpaired) electrons. The number of halogens is 6. The molecule has 2 aromatic rings. The molecule has 0 unspecified atom stereocenters. The topological polar surface area (TPSA) is 79.5 Å². The molecule has 0 amide bonds. The van der Waals surface area contributed by atoms with E-state index in [2.05, 4.69) is 15.9 Å². The SMILES string of the molecule is CC(C)OP(=O)(OC(C)C)C(Br)=Cc1cc(-n2c(=O)cc(C(F)(F)F)n(C)c2=O)c(F)cc1Cl. The van der Waals surface area contributed by atoms with Crippen LogP contribution in [-0.4, -0.2) is 21.3 Å². The highest BCUT2D eigenvalue weighted by atomic mass is 79.9. The predicted octanol–water partition coefficient (Wildman–Crippen LogP) is 6.08.